The van der Waals surface area contributed by atoms with Crippen LogP contribution in [0.15, 0.2) is 30.3 Å². The molecule has 1 aliphatic heterocycles. The summed E-state index contributed by atoms with van der Waals surface area (Å²) in [4.78, 5) is 13.9. The molecular weight excluding hydrogens is 216 g/mol. The molecule has 0 saturated carbocycles. The summed E-state index contributed by atoms with van der Waals surface area (Å²) in [5.74, 6) is 0.0597. The Bertz CT molecular complexity index is 388. The second-order valence-corrected chi connectivity index (χ2v) is 4.51. The minimum atomic E-state index is -0.459. The number of anilines is 1. The first-order chi connectivity index (χ1) is 8.14. The minimum absolute atomic E-state index is 0.0597. The normalized spacial score (nSPS) is 17.3. The highest BCUT2D eigenvalue weighted by Crippen LogP contribution is 2.21. The van der Waals surface area contributed by atoms with Crippen LogP contribution in [0.2, 0.25) is 0 Å². The number of carbonyl (C=O) groups excluding carboxylic acids is 1. The molecular formula is C13H18N2O2. The quantitative estimate of drug-likeness (QED) is 0.850. The second-order valence-electron chi connectivity index (χ2n) is 4.51. The second kappa shape index (κ2) is 4.85. The summed E-state index contributed by atoms with van der Waals surface area (Å²) in [6.07, 6.45) is 0.343. The highest BCUT2D eigenvalue weighted by molar-refractivity contribution is 5.94. The number of carbonyl (C=O) groups is 1. The van der Waals surface area contributed by atoms with Gasteiger partial charge in [-0.15, -0.1) is 0 Å². The molecule has 2 N–H and O–H groups in total. The number of hydrogen-bond acceptors (Lipinski definition) is 3. The molecule has 4 nitrogen and oxygen atoms in total. The van der Waals surface area contributed by atoms with Crippen molar-refractivity contribution in [2.45, 2.75) is 18.9 Å². The Morgan fingerprint density at radius 3 is 2.53 bits per heavy atom. The third kappa shape index (κ3) is 2.65. The molecule has 0 bridgehead atoms. The summed E-state index contributed by atoms with van der Waals surface area (Å²) in [6.45, 7) is 3.57. The van der Waals surface area contributed by atoms with Crippen LogP contribution in [-0.4, -0.2) is 31.2 Å². The highest BCUT2D eigenvalue weighted by Gasteiger charge is 2.37. The molecule has 17 heavy (non-hydrogen) atoms. The predicted octanol–water partition coefficient (Wildman–Crippen LogP) is 1.16. The van der Waals surface area contributed by atoms with Crippen molar-refractivity contribution in [1.82, 2.24) is 0 Å². The lowest BCUT2D eigenvalue weighted by Crippen LogP contribution is -2.59. The average molecular weight is 234 g/mol. The molecule has 0 aromatic heterocycles. The van der Waals surface area contributed by atoms with Gasteiger partial charge in [0.2, 0.25) is 5.91 Å². The third-order valence-corrected chi connectivity index (χ3v) is 2.97. The maximum atomic E-state index is 12.2. The van der Waals surface area contributed by atoms with Crippen molar-refractivity contribution in [1.29, 1.82) is 0 Å². The fourth-order valence-corrected chi connectivity index (χ4v) is 1.97. The van der Waals surface area contributed by atoms with E-state index < -0.39 is 5.54 Å². The number of para-hydroxylation sites is 1. The maximum Gasteiger partial charge on any atom is 0.229 e. The lowest BCUT2D eigenvalue weighted by molar-refractivity contribution is -0.125. The average Bonchev–Trinajstić information content (AvgIpc) is 2.29. The van der Waals surface area contributed by atoms with Crippen molar-refractivity contribution in [2.75, 3.05) is 24.7 Å². The number of rotatable bonds is 4. The molecule has 0 unspecified atom stereocenters. The van der Waals surface area contributed by atoms with Gasteiger partial charge in [-0.2, -0.15) is 0 Å². The van der Waals surface area contributed by atoms with Gasteiger partial charge in [-0.3, -0.25) is 4.79 Å². The molecule has 4 heteroatoms. The van der Waals surface area contributed by atoms with E-state index in [1.807, 2.05) is 37.3 Å². The summed E-state index contributed by atoms with van der Waals surface area (Å²) >= 11 is 0. The highest BCUT2D eigenvalue weighted by atomic mass is 16.5. The van der Waals surface area contributed by atoms with Crippen molar-refractivity contribution in [3.8, 4) is 0 Å². The smallest absolute Gasteiger partial charge is 0.229 e. The van der Waals surface area contributed by atoms with E-state index in [1.165, 1.54) is 0 Å². The molecule has 0 atom stereocenters. The molecule has 1 aromatic rings. The third-order valence-electron chi connectivity index (χ3n) is 2.97. The molecule has 0 spiro atoms. The summed E-state index contributed by atoms with van der Waals surface area (Å²) in [7, 11) is 0. The van der Waals surface area contributed by atoms with Gasteiger partial charge in [-0.1, -0.05) is 18.2 Å². The molecule has 1 amide bonds. The van der Waals surface area contributed by atoms with E-state index in [4.69, 9.17) is 10.5 Å². The van der Waals surface area contributed by atoms with Crippen molar-refractivity contribution in [2.24, 2.45) is 5.73 Å². The SMILES string of the molecule is CCN(C(=O)CC1(N)COC1)c1ccccc1. The molecule has 0 radical (unpaired) electrons. The van der Waals surface area contributed by atoms with Gasteiger partial charge in [0.15, 0.2) is 0 Å². The van der Waals surface area contributed by atoms with E-state index in [2.05, 4.69) is 0 Å². The topological polar surface area (TPSA) is 55.6 Å². The van der Waals surface area contributed by atoms with Crippen LogP contribution in [0.4, 0.5) is 5.69 Å². The van der Waals surface area contributed by atoms with Crippen LogP contribution in [0.5, 0.6) is 0 Å². The number of hydrogen-bond donors (Lipinski definition) is 1. The number of ether oxygens (including phenoxy) is 1. The van der Waals surface area contributed by atoms with Crippen molar-refractivity contribution in [3.05, 3.63) is 30.3 Å². The zero-order valence-electron chi connectivity index (χ0n) is 10.1. The van der Waals surface area contributed by atoms with Crippen LogP contribution in [0.1, 0.15) is 13.3 Å². The van der Waals surface area contributed by atoms with E-state index >= 15 is 0 Å². The first-order valence-electron chi connectivity index (χ1n) is 5.87. The standard InChI is InChI=1S/C13H18N2O2/c1-2-15(11-6-4-3-5-7-11)12(16)8-13(14)9-17-10-13/h3-7H,2,8-10,14H2,1H3. The lowest BCUT2D eigenvalue weighted by atomic mass is 9.94. The Kier molecular flexibility index (Phi) is 3.45. The van der Waals surface area contributed by atoms with Crippen LogP contribution in [0.25, 0.3) is 0 Å². The largest absolute Gasteiger partial charge is 0.377 e. The van der Waals surface area contributed by atoms with Crippen molar-refractivity contribution >= 4 is 11.6 Å². The number of amides is 1. The monoisotopic (exact) mass is 234 g/mol. The van der Waals surface area contributed by atoms with Crippen LogP contribution in [0.3, 0.4) is 0 Å². The Morgan fingerprint density at radius 2 is 2.06 bits per heavy atom. The molecule has 2 rings (SSSR count). The first kappa shape index (κ1) is 12.1. The Hall–Kier alpha value is -1.39. The molecule has 1 fully saturated rings. The van der Waals surface area contributed by atoms with Gasteiger partial charge in [0, 0.05) is 18.7 Å². The van der Waals surface area contributed by atoms with Gasteiger partial charge in [0.1, 0.15) is 0 Å². The van der Waals surface area contributed by atoms with Gasteiger partial charge in [-0.05, 0) is 19.1 Å². The summed E-state index contributed by atoms with van der Waals surface area (Å²) < 4.78 is 5.06. The molecule has 1 saturated heterocycles. The Morgan fingerprint density at radius 1 is 1.41 bits per heavy atom. The number of nitrogens with zero attached hydrogens (tertiary/aromatic N) is 1. The fourth-order valence-electron chi connectivity index (χ4n) is 1.97. The Balaban J connectivity index is 2.05. The molecule has 1 heterocycles. The summed E-state index contributed by atoms with van der Waals surface area (Å²) in [6, 6.07) is 9.65. The van der Waals surface area contributed by atoms with E-state index in [-0.39, 0.29) is 5.91 Å². The lowest BCUT2D eigenvalue weighted by Gasteiger charge is -2.38. The molecule has 1 aromatic carbocycles. The van der Waals surface area contributed by atoms with Gasteiger partial charge in [0.05, 0.1) is 18.8 Å². The van der Waals surface area contributed by atoms with Crippen molar-refractivity contribution < 1.29 is 9.53 Å². The van der Waals surface area contributed by atoms with E-state index in [0.29, 0.717) is 26.2 Å². The van der Waals surface area contributed by atoms with Crippen LogP contribution < -0.4 is 10.6 Å². The van der Waals surface area contributed by atoms with Gasteiger partial charge in [-0.25, -0.2) is 0 Å². The number of benzene rings is 1. The molecule has 0 aliphatic carbocycles. The molecule has 1 aliphatic rings. The van der Waals surface area contributed by atoms with E-state index in [0.717, 1.165) is 5.69 Å². The zero-order chi connectivity index (χ0) is 12.3. The van der Waals surface area contributed by atoms with E-state index in [1.54, 1.807) is 4.90 Å². The predicted molar refractivity (Wildman–Crippen MR) is 66.8 cm³/mol. The zero-order valence-corrected chi connectivity index (χ0v) is 10.1. The van der Waals surface area contributed by atoms with Crippen molar-refractivity contribution in [3.63, 3.8) is 0 Å². The molecule has 92 valence electrons. The minimum Gasteiger partial charge on any atom is -0.377 e. The summed E-state index contributed by atoms with van der Waals surface area (Å²) in [5.41, 5.74) is 6.46. The van der Waals surface area contributed by atoms with Gasteiger partial charge >= 0.3 is 0 Å². The Labute approximate surface area is 101 Å². The number of nitrogens with two attached hydrogens (primary N) is 1. The van der Waals surface area contributed by atoms with E-state index in [9.17, 15) is 4.79 Å². The van der Waals surface area contributed by atoms with Gasteiger partial charge < -0.3 is 15.4 Å². The van der Waals surface area contributed by atoms with Crippen LogP contribution in [-0.2, 0) is 9.53 Å². The fraction of sp³-hybridized carbons (Fsp3) is 0.462. The summed E-state index contributed by atoms with van der Waals surface area (Å²) in [5, 5.41) is 0. The first-order valence-corrected chi connectivity index (χ1v) is 5.87. The van der Waals surface area contributed by atoms with Crippen LogP contribution >= 0.6 is 0 Å². The maximum absolute atomic E-state index is 12.2. The van der Waals surface area contributed by atoms with Crippen LogP contribution in [0, 0.1) is 0 Å². The van der Waals surface area contributed by atoms with Gasteiger partial charge in [0.25, 0.3) is 0 Å².